The van der Waals surface area contributed by atoms with Crippen LogP contribution in [0.2, 0.25) is 0 Å². The summed E-state index contributed by atoms with van der Waals surface area (Å²) in [6.45, 7) is 4.45. The Bertz CT molecular complexity index is 310. The minimum Gasteiger partial charge on any atom is -0.341 e. The van der Waals surface area contributed by atoms with E-state index in [1.807, 2.05) is 0 Å². The minimum atomic E-state index is -4.25. The van der Waals surface area contributed by atoms with E-state index in [9.17, 15) is 18.0 Å². The summed E-state index contributed by atoms with van der Waals surface area (Å²) in [5.41, 5.74) is 5.45. The van der Waals surface area contributed by atoms with E-state index >= 15 is 0 Å². The van der Waals surface area contributed by atoms with Gasteiger partial charge in [0.25, 0.3) is 0 Å². The molecule has 1 aliphatic heterocycles. The standard InChI is InChI=1S/C14H26F3N3O/c15-14(16,17)6-5-13(21)20-10-4-9-19(11-12-20)8-3-1-2-7-18/h1-12,18H2. The fourth-order valence-electron chi connectivity index (χ4n) is 2.51. The smallest absolute Gasteiger partial charge is 0.341 e. The van der Waals surface area contributed by atoms with Gasteiger partial charge in [-0.25, -0.2) is 0 Å². The molecule has 4 nitrogen and oxygen atoms in total. The number of halogens is 3. The van der Waals surface area contributed by atoms with Crippen molar-refractivity contribution in [3.8, 4) is 0 Å². The Morgan fingerprint density at radius 3 is 2.48 bits per heavy atom. The lowest BCUT2D eigenvalue weighted by molar-refractivity contribution is -0.149. The average molecular weight is 309 g/mol. The summed E-state index contributed by atoms with van der Waals surface area (Å²) < 4.78 is 36.4. The van der Waals surface area contributed by atoms with E-state index in [0.29, 0.717) is 19.6 Å². The van der Waals surface area contributed by atoms with E-state index in [1.165, 1.54) is 0 Å². The maximum atomic E-state index is 12.1. The predicted octanol–water partition coefficient (Wildman–Crippen LogP) is 1.99. The SMILES string of the molecule is NCCCCCN1CCCN(C(=O)CCC(F)(F)F)CC1. The molecule has 0 aromatic rings. The number of hydrogen-bond donors (Lipinski definition) is 1. The van der Waals surface area contributed by atoms with Crippen LogP contribution in [-0.4, -0.2) is 61.2 Å². The van der Waals surface area contributed by atoms with Crippen LogP contribution in [0.15, 0.2) is 0 Å². The molecule has 0 atom stereocenters. The second-order valence-corrected chi connectivity index (χ2v) is 5.54. The monoisotopic (exact) mass is 309 g/mol. The molecule has 21 heavy (non-hydrogen) atoms. The molecule has 1 rings (SSSR count). The molecule has 0 bridgehead atoms. The van der Waals surface area contributed by atoms with Gasteiger partial charge in [-0.15, -0.1) is 0 Å². The van der Waals surface area contributed by atoms with Crippen molar-refractivity contribution < 1.29 is 18.0 Å². The first kappa shape index (κ1) is 18.2. The third kappa shape index (κ3) is 8.26. The van der Waals surface area contributed by atoms with Gasteiger partial charge in [0.05, 0.1) is 6.42 Å². The second kappa shape index (κ2) is 9.25. The number of carbonyl (C=O) groups is 1. The van der Waals surface area contributed by atoms with E-state index < -0.39 is 19.0 Å². The van der Waals surface area contributed by atoms with Gasteiger partial charge >= 0.3 is 6.18 Å². The number of nitrogens with zero attached hydrogens (tertiary/aromatic N) is 2. The molecule has 0 aromatic carbocycles. The molecule has 1 aliphatic rings. The fourth-order valence-corrected chi connectivity index (χ4v) is 2.51. The van der Waals surface area contributed by atoms with Crippen molar-refractivity contribution in [3.63, 3.8) is 0 Å². The zero-order valence-corrected chi connectivity index (χ0v) is 12.5. The van der Waals surface area contributed by atoms with Crippen LogP contribution >= 0.6 is 0 Å². The van der Waals surface area contributed by atoms with E-state index in [0.717, 1.165) is 45.3 Å². The fraction of sp³-hybridized carbons (Fsp3) is 0.929. The Balaban J connectivity index is 2.26. The Morgan fingerprint density at radius 1 is 1.05 bits per heavy atom. The van der Waals surface area contributed by atoms with Crippen LogP contribution in [0.5, 0.6) is 0 Å². The summed E-state index contributed by atoms with van der Waals surface area (Å²) in [6, 6.07) is 0. The van der Waals surface area contributed by atoms with Crippen LogP contribution in [0, 0.1) is 0 Å². The molecule has 2 N–H and O–H groups in total. The minimum absolute atomic E-state index is 0.377. The molecular formula is C14H26F3N3O. The van der Waals surface area contributed by atoms with E-state index in [1.54, 1.807) is 4.90 Å². The molecule has 0 aliphatic carbocycles. The second-order valence-electron chi connectivity index (χ2n) is 5.54. The van der Waals surface area contributed by atoms with Gasteiger partial charge in [0.1, 0.15) is 0 Å². The highest BCUT2D eigenvalue weighted by Gasteiger charge is 2.29. The van der Waals surface area contributed by atoms with Crippen molar-refractivity contribution in [2.24, 2.45) is 5.73 Å². The normalized spacial score (nSPS) is 17.8. The van der Waals surface area contributed by atoms with Crippen molar-refractivity contribution in [1.82, 2.24) is 9.80 Å². The first-order valence-corrected chi connectivity index (χ1v) is 7.69. The Kier molecular flexibility index (Phi) is 8.03. The van der Waals surface area contributed by atoms with Crippen LogP contribution in [0.4, 0.5) is 13.2 Å². The average Bonchev–Trinajstić information content (AvgIpc) is 2.66. The predicted molar refractivity (Wildman–Crippen MR) is 75.8 cm³/mol. The van der Waals surface area contributed by atoms with Gasteiger partial charge in [-0.2, -0.15) is 13.2 Å². The van der Waals surface area contributed by atoms with Crippen LogP contribution in [0.1, 0.15) is 38.5 Å². The molecule has 1 amide bonds. The molecule has 0 spiro atoms. The summed E-state index contributed by atoms with van der Waals surface area (Å²) in [7, 11) is 0. The van der Waals surface area contributed by atoms with Gasteiger partial charge in [-0.05, 0) is 38.9 Å². The van der Waals surface area contributed by atoms with Crippen molar-refractivity contribution in [3.05, 3.63) is 0 Å². The lowest BCUT2D eigenvalue weighted by atomic mass is 10.2. The molecule has 124 valence electrons. The molecule has 1 heterocycles. The van der Waals surface area contributed by atoms with Crippen molar-refractivity contribution >= 4 is 5.91 Å². The van der Waals surface area contributed by atoms with Crippen molar-refractivity contribution in [1.29, 1.82) is 0 Å². The number of unbranched alkanes of at least 4 members (excludes halogenated alkanes) is 2. The highest BCUT2D eigenvalue weighted by molar-refractivity contribution is 5.76. The van der Waals surface area contributed by atoms with Crippen molar-refractivity contribution in [2.75, 3.05) is 39.3 Å². The molecule has 0 unspecified atom stereocenters. The van der Waals surface area contributed by atoms with E-state index in [-0.39, 0.29) is 5.91 Å². The Labute approximate surface area is 124 Å². The van der Waals surface area contributed by atoms with Crippen LogP contribution in [0.3, 0.4) is 0 Å². The van der Waals surface area contributed by atoms with Gasteiger partial charge in [0.2, 0.25) is 5.91 Å². The summed E-state index contributed by atoms with van der Waals surface area (Å²) in [6.07, 6.45) is -1.67. The number of carbonyl (C=O) groups excluding carboxylic acids is 1. The molecule has 0 radical (unpaired) electrons. The van der Waals surface area contributed by atoms with Gasteiger partial charge < -0.3 is 15.5 Å². The third-order valence-corrected chi connectivity index (χ3v) is 3.74. The van der Waals surface area contributed by atoms with E-state index in [4.69, 9.17) is 5.73 Å². The maximum Gasteiger partial charge on any atom is 0.389 e. The quantitative estimate of drug-likeness (QED) is 0.732. The van der Waals surface area contributed by atoms with E-state index in [2.05, 4.69) is 4.90 Å². The lowest BCUT2D eigenvalue weighted by Crippen LogP contribution is -2.35. The summed E-state index contributed by atoms with van der Waals surface area (Å²) >= 11 is 0. The summed E-state index contributed by atoms with van der Waals surface area (Å²) in [5, 5.41) is 0. The number of alkyl halides is 3. The topological polar surface area (TPSA) is 49.6 Å². The van der Waals surface area contributed by atoms with Gasteiger partial charge in [-0.3, -0.25) is 4.79 Å². The number of amides is 1. The van der Waals surface area contributed by atoms with Crippen LogP contribution in [-0.2, 0) is 4.79 Å². The van der Waals surface area contributed by atoms with Crippen molar-refractivity contribution in [2.45, 2.75) is 44.7 Å². The largest absolute Gasteiger partial charge is 0.389 e. The number of nitrogens with two attached hydrogens (primary N) is 1. The van der Waals surface area contributed by atoms with Crippen LogP contribution in [0.25, 0.3) is 0 Å². The summed E-state index contributed by atoms with van der Waals surface area (Å²) in [5.74, 6) is -0.377. The summed E-state index contributed by atoms with van der Waals surface area (Å²) in [4.78, 5) is 15.7. The highest BCUT2D eigenvalue weighted by Crippen LogP contribution is 2.22. The molecule has 1 fully saturated rings. The number of hydrogen-bond acceptors (Lipinski definition) is 3. The maximum absolute atomic E-state index is 12.1. The third-order valence-electron chi connectivity index (χ3n) is 3.74. The zero-order chi connectivity index (χ0) is 15.7. The van der Waals surface area contributed by atoms with Crippen LogP contribution < -0.4 is 5.73 Å². The first-order chi connectivity index (χ1) is 9.92. The Morgan fingerprint density at radius 2 is 1.81 bits per heavy atom. The van der Waals surface area contributed by atoms with Gasteiger partial charge in [0.15, 0.2) is 0 Å². The Hall–Kier alpha value is -0.820. The first-order valence-electron chi connectivity index (χ1n) is 7.69. The molecule has 1 saturated heterocycles. The molecule has 0 aromatic heterocycles. The molecular weight excluding hydrogens is 283 g/mol. The molecule has 0 saturated carbocycles. The van der Waals surface area contributed by atoms with Gasteiger partial charge in [-0.1, -0.05) is 6.42 Å². The van der Waals surface area contributed by atoms with Gasteiger partial charge in [0, 0.05) is 26.1 Å². The zero-order valence-electron chi connectivity index (χ0n) is 12.5. The number of rotatable bonds is 7. The highest BCUT2D eigenvalue weighted by atomic mass is 19.4. The molecule has 7 heteroatoms. The lowest BCUT2D eigenvalue weighted by Gasteiger charge is -2.22.